The first-order valence-electron chi connectivity index (χ1n) is 4.82. The lowest BCUT2D eigenvalue weighted by atomic mass is 9.94. The molecule has 1 heterocycles. The van der Waals surface area contributed by atoms with Gasteiger partial charge >= 0.3 is 5.97 Å². The van der Waals surface area contributed by atoms with Crippen LogP contribution in [-0.2, 0) is 4.79 Å². The maximum atomic E-state index is 10.5. The van der Waals surface area contributed by atoms with Gasteiger partial charge in [0.25, 0.3) is 0 Å². The van der Waals surface area contributed by atoms with Gasteiger partial charge in [-0.05, 0) is 31.0 Å². The summed E-state index contributed by atoms with van der Waals surface area (Å²) in [4.78, 5) is 12.6. The summed E-state index contributed by atoms with van der Waals surface area (Å²) < 4.78 is 0. The van der Waals surface area contributed by atoms with Crippen LogP contribution in [0.5, 0.6) is 0 Å². The molecule has 1 rings (SSSR count). The highest BCUT2D eigenvalue weighted by atomic mass is 32.1. The quantitative estimate of drug-likeness (QED) is 0.665. The molecule has 14 heavy (non-hydrogen) atoms. The molecule has 0 saturated carbocycles. The minimum Gasteiger partial charge on any atom is -0.481 e. The predicted molar refractivity (Wildman–Crippen MR) is 58.2 cm³/mol. The molecule has 1 aliphatic heterocycles. The number of hydrogen-bond donors (Lipinski definition) is 2. The zero-order valence-electron chi connectivity index (χ0n) is 8.32. The van der Waals surface area contributed by atoms with Gasteiger partial charge in [0.2, 0.25) is 0 Å². The molecule has 2 N–H and O–H groups in total. The fourth-order valence-corrected chi connectivity index (χ4v) is 1.93. The first-order valence-corrected chi connectivity index (χ1v) is 5.22. The number of likely N-dealkylation sites (tertiary alicyclic amines) is 1. The van der Waals surface area contributed by atoms with Crippen molar-refractivity contribution in [3.05, 3.63) is 0 Å². The lowest BCUT2D eigenvalue weighted by molar-refractivity contribution is -0.138. The number of aliphatic carboxylic acids is 1. The molecule has 5 heteroatoms. The van der Waals surface area contributed by atoms with Crippen molar-refractivity contribution in [1.82, 2.24) is 10.2 Å². The second-order valence-corrected chi connectivity index (χ2v) is 3.97. The van der Waals surface area contributed by atoms with Crippen LogP contribution in [0.15, 0.2) is 0 Å². The van der Waals surface area contributed by atoms with Crippen LogP contribution in [0.2, 0.25) is 0 Å². The van der Waals surface area contributed by atoms with Crippen LogP contribution in [0, 0.1) is 5.92 Å². The average molecular weight is 216 g/mol. The van der Waals surface area contributed by atoms with Crippen LogP contribution in [0.1, 0.15) is 19.3 Å². The highest BCUT2D eigenvalue weighted by Gasteiger charge is 2.21. The molecule has 0 aromatic heterocycles. The van der Waals surface area contributed by atoms with Gasteiger partial charge < -0.3 is 15.3 Å². The van der Waals surface area contributed by atoms with E-state index in [0.717, 1.165) is 31.0 Å². The van der Waals surface area contributed by atoms with Gasteiger partial charge in [-0.3, -0.25) is 4.79 Å². The van der Waals surface area contributed by atoms with Crippen molar-refractivity contribution in [1.29, 1.82) is 0 Å². The number of hydrogen-bond acceptors (Lipinski definition) is 2. The van der Waals surface area contributed by atoms with E-state index < -0.39 is 5.97 Å². The van der Waals surface area contributed by atoms with E-state index in [-0.39, 0.29) is 0 Å². The molecule has 1 saturated heterocycles. The van der Waals surface area contributed by atoms with Gasteiger partial charge in [0.15, 0.2) is 5.11 Å². The van der Waals surface area contributed by atoms with E-state index in [1.54, 1.807) is 0 Å². The van der Waals surface area contributed by atoms with Crippen molar-refractivity contribution < 1.29 is 9.90 Å². The highest BCUT2D eigenvalue weighted by Crippen LogP contribution is 2.20. The number of carbonyl (C=O) groups is 1. The minimum atomic E-state index is -0.695. The molecule has 0 aromatic rings. The second kappa shape index (κ2) is 5.14. The first-order chi connectivity index (χ1) is 6.63. The molecular weight excluding hydrogens is 200 g/mol. The minimum absolute atomic E-state index is 0.292. The number of nitrogens with one attached hydrogen (secondary N) is 1. The summed E-state index contributed by atoms with van der Waals surface area (Å²) in [6.07, 6.45) is 2.14. The zero-order chi connectivity index (χ0) is 10.6. The van der Waals surface area contributed by atoms with Crippen LogP contribution < -0.4 is 5.32 Å². The molecule has 0 atom stereocenters. The van der Waals surface area contributed by atoms with Crippen molar-refractivity contribution in [3.8, 4) is 0 Å². The number of thiocarbonyl (C=S) groups is 1. The van der Waals surface area contributed by atoms with Crippen molar-refractivity contribution in [3.63, 3.8) is 0 Å². The van der Waals surface area contributed by atoms with Gasteiger partial charge in [-0.1, -0.05) is 0 Å². The zero-order valence-corrected chi connectivity index (χ0v) is 9.14. The van der Waals surface area contributed by atoms with Gasteiger partial charge in [-0.2, -0.15) is 0 Å². The predicted octanol–water partition coefficient (Wildman–Crippen LogP) is 0.677. The maximum Gasteiger partial charge on any atom is 0.303 e. The third kappa shape index (κ3) is 3.14. The van der Waals surface area contributed by atoms with E-state index in [1.165, 1.54) is 0 Å². The third-order valence-electron chi connectivity index (χ3n) is 2.58. The topological polar surface area (TPSA) is 52.6 Å². The van der Waals surface area contributed by atoms with E-state index in [4.69, 9.17) is 17.3 Å². The normalized spacial score (nSPS) is 17.9. The van der Waals surface area contributed by atoms with Crippen LogP contribution >= 0.6 is 12.2 Å². The standard InChI is InChI=1S/C9H16N2O2S/c1-10-9(14)11-4-2-7(3-5-11)6-8(12)13/h7H,2-6H2,1H3,(H,10,14)(H,12,13). The van der Waals surface area contributed by atoms with Gasteiger partial charge in [0, 0.05) is 26.6 Å². The Hall–Kier alpha value is -0.840. The molecular formula is C9H16N2O2S. The number of rotatable bonds is 2. The monoisotopic (exact) mass is 216 g/mol. The van der Waals surface area contributed by atoms with E-state index in [1.807, 2.05) is 7.05 Å². The summed E-state index contributed by atoms with van der Waals surface area (Å²) in [6, 6.07) is 0. The molecule has 1 aliphatic rings. The fraction of sp³-hybridized carbons (Fsp3) is 0.778. The van der Waals surface area contributed by atoms with Crippen molar-refractivity contribution in [2.75, 3.05) is 20.1 Å². The Morgan fingerprint density at radius 3 is 2.57 bits per heavy atom. The summed E-state index contributed by atoms with van der Waals surface area (Å²) in [5, 5.41) is 12.3. The van der Waals surface area contributed by atoms with E-state index >= 15 is 0 Å². The number of piperidine rings is 1. The molecule has 0 aromatic carbocycles. The van der Waals surface area contributed by atoms with Crippen LogP contribution in [-0.4, -0.2) is 41.2 Å². The van der Waals surface area contributed by atoms with E-state index in [2.05, 4.69) is 10.2 Å². The maximum absolute atomic E-state index is 10.5. The lowest BCUT2D eigenvalue weighted by Gasteiger charge is -2.32. The average Bonchev–Trinajstić information content (AvgIpc) is 2.17. The number of carboxylic acids is 1. The molecule has 4 nitrogen and oxygen atoms in total. The summed E-state index contributed by atoms with van der Waals surface area (Å²) >= 11 is 5.10. The Balaban J connectivity index is 2.31. The van der Waals surface area contributed by atoms with Gasteiger partial charge in [-0.25, -0.2) is 0 Å². The highest BCUT2D eigenvalue weighted by molar-refractivity contribution is 7.80. The Kier molecular flexibility index (Phi) is 4.13. The summed E-state index contributed by atoms with van der Waals surface area (Å²) in [5.41, 5.74) is 0. The Bertz CT molecular complexity index is 225. The van der Waals surface area contributed by atoms with Crippen molar-refractivity contribution >= 4 is 23.3 Å². The SMILES string of the molecule is CNC(=S)N1CCC(CC(=O)O)CC1. The fourth-order valence-electron chi connectivity index (χ4n) is 1.75. The molecule has 0 spiro atoms. The second-order valence-electron chi connectivity index (χ2n) is 3.58. The summed E-state index contributed by atoms with van der Waals surface area (Å²) in [7, 11) is 1.81. The van der Waals surface area contributed by atoms with E-state index in [0.29, 0.717) is 12.3 Å². The van der Waals surface area contributed by atoms with Gasteiger partial charge in [-0.15, -0.1) is 0 Å². The van der Waals surface area contributed by atoms with Crippen molar-refractivity contribution in [2.24, 2.45) is 5.92 Å². The smallest absolute Gasteiger partial charge is 0.303 e. The van der Waals surface area contributed by atoms with Gasteiger partial charge in [0.05, 0.1) is 0 Å². The van der Waals surface area contributed by atoms with Crippen LogP contribution in [0.25, 0.3) is 0 Å². The number of carboxylic acid groups (broad SMARTS) is 1. The molecule has 80 valence electrons. The number of nitrogens with zero attached hydrogens (tertiary/aromatic N) is 1. The third-order valence-corrected chi connectivity index (χ3v) is 3.04. The van der Waals surface area contributed by atoms with Crippen LogP contribution in [0.4, 0.5) is 0 Å². The molecule has 0 radical (unpaired) electrons. The largest absolute Gasteiger partial charge is 0.481 e. The first kappa shape index (κ1) is 11.2. The molecule has 0 amide bonds. The molecule has 0 aliphatic carbocycles. The Morgan fingerprint density at radius 1 is 1.57 bits per heavy atom. The van der Waals surface area contributed by atoms with Crippen molar-refractivity contribution in [2.45, 2.75) is 19.3 Å². The molecule has 0 unspecified atom stereocenters. The summed E-state index contributed by atoms with van der Waals surface area (Å²) in [5.74, 6) is -0.372. The summed E-state index contributed by atoms with van der Waals surface area (Å²) in [6.45, 7) is 1.75. The van der Waals surface area contributed by atoms with E-state index in [9.17, 15) is 4.79 Å². The lowest BCUT2D eigenvalue weighted by Crippen LogP contribution is -2.43. The Labute approximate surface area is 89.3 Å². The van der Waals surface area contributed by atoms with Gasteiger partial charge in [0.1, 0.15) is 0 Å². The molecule has 1 fully saturated rings. The Morgan fingerprint density at radius 2 is 2.14 bits per heavy atom. The molecule has 0 bridgehead atoms. The van der Waals surface area contributed by atoms with Crippen LogP contribution in [0.3, 0.4) is 0 Å².